The molecule has 148 valence electrons. The Morgan fingerprint density at radius 3 is 2.29 bits per heavy atom. The summed E-state index contributed by atoms with van der Waals surface area (Å²) in [6.07, 6.45) is 0.350. The van der Waals surface area contributed by atoms with E-state index in [2.05, 4.69) is 4.72 Å². The Morgan fingerprint density at radius 1 is 0.964 bits per heavy atom. The minimum Gasteiger partial charge on any atom is -0.355 e. The lowest BCUT2D eigenvalue weighted by Crippen LogP contribution is -2.49. The van der Waals surface area contributed by atoms with Crippen molar-refractivity contribution in [3.8, 4) is 0 Å². The van der Waals surface area contributed by atoms with Gasteiger partial charge in [0.15, 0.2) is 0 Å². The summed E-state index contributed by atoms with van der Waals surface area (Å²) in [6.45, 7) is 4.27. The van der Waals surface area contributed by atoms with E-state index in [1.807, 2.05) is 67.6 Å². The van der Waals surface area contributed by atoms with E-state index in [9.17, 15) is 8.42 Å². The van der Waals surface area contributed by atoms with E-state index >= 15 is 0 Å². The fourth-order valence-electron chi connectivity index (χ4n) is 3.24. The van der Waals surface area contributed by atoms with Crippen molar-refractivity contribution in [2.75, 3.05) is 6.54 Å². The van der Waals surface area contributed by atoms with Crippen molar-refractivity contribution in [1.82, 2.24) is 4.72 Å². The third kappa shape index (κ3) is 4.59. The first-order chi connectivity index (χ1) is 13.3. The molecule has 28 heavy (non-hydrogen) atoms. The van der Waals surface area contributed by atoms with E-state index < -0.39 is 15.7 Å². The highest BCUT2D eigenvalue weighted by atomic mass is 32.2. The molecule has 0 aliphatic heterocycles. The van der Waals surface area contributed by atoms with E-state index in [1.54, 1.807) is 13.0 Å². The molecule has 3 rings (SSSR count). The number of nitrogens with two attached hydrogens (primary N) is 1. The molecule has 0 saturated carbocycles. The maximum absolute atomic E-state index is 13.2. The molecular weight excluding hydrogens is 372 g/mol. The molecule has 0 radical (unpaired) electrons. The molecule has 5 nitrogen and oxygen atoms in total. The van der Waals surface area contributed by atoms with Gasteiger partial charge in [-0.05, 0) is 43.0 Å². The second-order valence-corrected chi connectivity index (χ2v) is 8.73. The summed E-state index contributed by atoms with van der Waals surface area (Å²) in [5.74, 6) is 0. The number of aryl methyl sites for hydroxylation is 1. The molecule has 1 atom stereocenters. The highest BCUT2D eigenvalue weighted by molar-refractivity contribution is 7.89. The lowest BCUT2D eigenvalue weighted by atomic mass is 10.1. The predicted octanol–water partition coefficient (Wildman–Crippen LogP) is 3.71. The molecule has 0 bridgehead atoms. The zero-order chi connectivity index (χ0) is 20.2. The van der Waals surface area contributed by atoms with E-state index in [-0.39, 0.29) is 11.5 Å². The van der Waals surface area contributed by atoms with Crippen LogP contribution in [-0.4, -0.2) is 20.7 Å². The lowest BCUT2D eigenvalue weighted by Gasteiger charge is -2.30. The van der Waals surface area contributed by atoms with E-state index in [1.165, 1.54) is 0 Å². The molecule has 0 aliphatic rings. The fraction of sp³-hybridized carbons (Fsp3) is 0.273. The average Bonchev–Trinajstić information content (AvgIpc) is 2.67. The van der Waals surface area contributed by atoms with Gasteiger partial charge in [0.2, 0.25) is 10.0 Å². The van der Waals surface area contributed by atoms with Crippen LogP contribution in [0.3, 0.4) is 0 Å². The first-order valence-electron chi connectivity index (χ1n) is 9.25. The normalized spacial score (nSPS) is 14.1. The number of hydrogen-bond acceptors (Lipinski definition) is 4. The van der Waals surface area contributed by atoms with Crippen molar-refractivity contribution >= 4 is 20.8 Å². The molecule has 0 heterocycles. The summed E-state index contributed by atoms with van der Waals surface area (Å²) in [6, 6.07) is 20.6. The third-order valence-corrected chi connectivity index (χ3v) is 6.40. The molecule has 3 aromatic rings. The monoisotopic (exact) mass is 398 g/mol. The number of rotatable bonds is 8. The Bertz CT molecular complexity index is 1050. The number of sulfonamides is 1. The van der Waals surface area contributed by atoms with Gasteiger partial charge in [-0.15, -0.1) is 0 Å². The standard InChI is InChI=1S/C22H26N2O3S/c1-17-12-13-21(20-11-7-6-10-19(17)20)28(25,26)24-22(2,14-15-23)27-16-18-8-4-3-5-9-18/h3-13,24H,14-16,23H2,1-2H3/t22-/m0/s1. The van der Waals surface area contributed by atoms with Gasteiger partial charge in [-0.1, -0.05) is 60.7 Å². The minimum absolute atomic E-state index is 0.236. The highest BCUT2D eigenvalue weighted by Crippen LogP contribution is 2.27. The smallest absolute Gasteiger partial charge is 0.243 e. The van der Waals surface area contributed by atoms with Crippen molar-refractivity contribution in [2.45, 2.75) is 37.5 Å². The van der Waals surface area contributed by atoms with Crippen LogP contribution in [0, 0.1) is 6.92 Å². The molecule has 0 aromatic heterocycles. The van der Waals surface area contributed by atoms with E-state index in [0.29, 0.717) is 18.4 Å². The van der Waals surface area contributed by atoms with Crippen molar-refractivity contribution < 1.29 is 13.2 Å². The Labute approximate surface area is 166 Å². The molecule has 6 heteroatoms. The molecule has 0 saturated heterocycles. The summed E-state index contributed by atoms with van der Waals surface area (Å²) < 4.78 is 35.2. The van der Waals surface area contributed by atoms with Gasteiger partial charge in [0.1, 0.15) is 5.72 Å². The first-order valence-corrected chi connectivity index (χ1v) is 10.7. The number of fused-ring (bicyclic) bond motifs is 1. The van der Waals surface area contributed by atoms with Crippen molar-refractivity contribution in [2.24, 2.45) is 5.73 Å². The van der Waals surface area contributed by atoms with Gasteiger partial charge in [-0.3, -0.25) is 0 Å². The molecule has 0 amide bonds. The molecule has 0 unspecified atom stereocenters. The number of benzene rings is 3. The summed E-state index contributed by atoms with van der Waals surface area (Å²) in [5, 5.41) is 1.60. The van der Waals surface area contributed by atoms with Crippen molar-refractivity contribution in [1.29, 1.82) is 0 Å². The summed E-state index contributed by atoms with van der Waals surface area (Å²) in [7, 11) is -3.82. The third-order valence-electron chi connectivity index (χ3n) is 4.76. The second-order valence-electron chi connectivity index (χ2n) is 7.08. The summed E-state index contributed by atoms with van der Waals surface area (Å²) in [4.78, 5) is 0.236. The van der Waals surface area contributed by atoms with Gasteiger partial charge in [0.05, 0.1) is 11.5 Å². The van der Waals surface area contributed by atoms with Crippen LogP contribution >= 0.6 is 0 Å². The highest BCUT2D eigenvalue weighted by Gasteiger charge is 2.32. The van der Waals surface area contributed by atoms with Gasteiger partial charge < -0.3 is 10.5 Å². The Hall–Kier alpha value is -2.25. The number of nitrogens with one attached hydrogen (secondary N) is 1. The molecule has 0 spiro atoms. The quantitative estimate of drug-likeness (QED) is 0.567. The van der Waals surface area contributed by atoms with Gasteiger partial charge in [-0.25, -0.2) is 8.42 Å². The fourth-order valence-corrected chi connectivity index (χ4v) is 4.79. The lowest BCUT2D eigenvalue weighted by molar-refractivity contribution is -0.0555. The zero-order valence-electron chi connectivity index (χ0n) is 16.2. The largest absolute Gasteiger partial charge is 0.355 e. The Balaban J connectivity index is 1.91. The predicted molar refractivity (Wildman–Crippen MR) is 112 cm³/mol. The Morgan fingerprint density at radius 2 is 1.61 bits per heavy atom. The average molecular weight is 399 g/mol. The topological polar surface area (TPSA) is 81.4 Å². The van der Waals surface area contributed by atoms with Crippen LogP contribution in [0.4, 0.5) is 0 Å². The van der Waals surface area contributed by atoms with Gasteiger partial charge in [0, 0.05) is 11.8 Å². The maximum atomic E-state index is 13.2. The van der Waals surface area contributed by atoms with Gasteiger partial charge >= 0.3 is 0 Å². The second kappa shape index (κ2) is 8.41. The maximum Gasteiger partial charge on any atom is 0.243 e. The zero-order valence-corrected chi connectivity index (χ0v) is 17.0. The van der Waals surface area contributed by atoms with Crippen LogP contribution < -0.4 is 10.5 Å². The van der Waals surface area contributed by atoms with Crippen LogP contribution in [0.15, 0.2) is 71.6 Å². The number of ether oxygens (including phenoxy) is 1. The van der Waals surface area contributed by atoms with E-state index in [4.69, 9.17) is 10.5 Å². The summed E-state index contributed by atoms with van der Waals surface area (Å²) in [5.41, 5.74) is 6.61. The molecule has 3 aromatic carbocycles. The van der Waals surface area contributed by atoms with Crippen LogP contribution in [0.5, 0.6) is 0 Å². The SMILES string of the molecule is Cc1ccc(S(=O)(=O)N[C@](C)(CCN)OCc2ccccc2)c2ccccc12. The van der Waals surface area contributed by atoms with Crippen molar-refractivity contribution in [3.63, 3.8) is 0 Å². The van der Waals surface area contributed by atoms with E-state index in [0.717, 1.165) is 16.5 Å². The molecular formula is C22H26N2O3S. The molecule has 0 aliphatic carbocycles. The summed E-state index contributed by atoms with van der Waals surface area (Å²) >= 11 is 0. The van der Waals surface area contributed by atoms with Crippen molar-refractivity contribution in [3.05, 3.63) is 77.9 Å². The number of hydrogen-bond donors (Lipinski definition) is 2. The minimum atomic E-state index is -3.82. The molecule has 3 N–H and O–H groups in total. The van der Waals surface area contributed by atoms with Crippen LogP contribution in [0.1, 0.15) is 24.5 Å². The first kappa shape index (κ1) is 20.5. The Kier molecular flexibility index (Phi) is 6.15. The van der Waals surface area contributed by atoms with Gasteiger partial charge in [-0.2, -0.15) is 4.72 Å². The van der Waals surface area contributed by atoms with Crippen LogP contribution in [-0.2, 0) is 21.4 Å². The molecule has 0 fully saturated rings. The van der Waals surface area contributed by atoms with Gasteiger partial charge in [0.25, 0.3) is 0 Å². The van der Waals surface area contributed by atoms with Crippen LogP contribution in [0.2, 0.25) is 0 Å². The van der Waals surface area contributed by atoms with Crippen LogP contribution in [0.25, 0.3) is 10.8 Å².